The Morgan fingerprint density at radius 1 is 1.27 bits per heavy atom. The Kier molecular flexibility index (Phi) is 4.57. The van der Waals surface area contributed by atoms with E-state index in [2.05, 4.69) is 20.8 Å². The lowest BCUT2D eigenvalue weighted by Crippen LogP contribution is -2.24. The predicted molar refractivity (Wildman–Crippen MR) is 53.3 cm³/mol. The molecule has 2 unspecified atom stereocenters. The molecule has 3 heteroatoms. The third-order valence-electron chi connectivity index (χ3n) is 1.80. The van der Waals surface area contributed by atoms with Gasteiger partial charge in [-0.05, 0) is 12.8 Å². The second-order valence-electron chi connectivity index (χ2n) is 3.18. The minimum absolute atomic E-state index is 0.160. The maximum atomic E-state index is 7.19. The molecule has 0 saturated carbocycles. The Bertz CT molecular complexity index is 134. The maximum Gasteiger partial charge on any atom is 0.104 e. The highest BCUT2D eigenvalue weighted by atomic mass is 32.2. The van der Waals surface area contributed by atoms with Crippen LogP contribution < -0.4 is 5.73 Å². The molecule has 2 nitrogen and oxygen atoms in total. The van der Waals surface area contributed by atoms with Crippen molar-refractivity contribution in [3.05, 3.63) is 0 Å². The van der Waals surface area contributed by atoms with Crippen molar-refractivity contribution in [2.75, 3.05) is 0 Å². The van der Waals surface area contributed by atoms with Gasteiger partial charge in [-0.25, -0.2) is 0 Å². The van der Waals surface area contributed by atoms with Crippen LogP contribution in [0.1, 0.15) is 27.7 Å². The van der Waals surface area contributed by atoms with Crippen LogP contribution in [-0.2, 0) is 0 Å². The summed E-state index contributed by atoms with van der Waals surface area (Å²) < 4.78 is 0. The van der Waals surface area contributed by atoms with Crippen LogP contribution in [0.2, 0.25) is 0 Å². The van der Waals surface area contributed by atoms with E-state index < -0.39 is 0 Å². The monoisotopic (exact) mass is 174 g/mol. The highest BCUT2D eigenvalue weighted by Crippen LogP contribution is 2.22. The largest absolute Gasteiger partial charge is 0.387 e. The zero-order valence-corrected chi connectivity index (χ0v) is 8.53. The molecule has 0 bridgehead atoms. The molecule has 0 aromatic carbocycles. The Hall–Kier alpha value is -0.180. The third kappa shape index (κ3) is 4.30. The van der Waals surface area contributed by atoms with Crippen molar-refractivity contribution < 1.29 is 0 Å². The van der Waals surface area contributed by atoms with Crippen LogP contribution >= 0.6 is 11.8 Å². The van der Waals surface area contributed by atoms with Crippen molar-refractivity contribution in [3.8, 4) is 0 Å². The van der Waals surface area contributed by atoms with Gasteiger partial charge in [0.1, 0.15) is 5.84 Å². The van der Waals surface area contributed by atoms with Crippen molar-refractivity contribution in [1.82, 2.24) is 0 Å². The maximum absolute atomic E-state index is 7.19. The van der Waals surface area contributed by atoms with Gasteiger partial charge in [0.05, 0.1) is 5.25 Å². The fourth-order valence-corrected chi connectivity index (χ4v) is 1.66. The summed E-state index contributed by atoms with van der Waals surface area (Å²) in [6, 6.07) is 0. The molecular formula is C8H18N2S. The average Bonchev–Trinajstić information content (AvgIpc) is 1.87. The highest BCUT2D eigenvalue weighted by Gasteiger charge is 2.13. The van der Waals surface area contributed by atoms with E-state index in [1.807, 2.05) is 6.92 Å². The highest BCUT2D eigenvalue weighted by molar-refractivity contribution is 8.01. The van der Waals surface area contributed by atoms with Crippen LogP contribution in [0.15, 0.2) is 0 Å². The number of nitrogens with one attached hydrogen (secondary N) is 1. The molecule has 0 rings (SSSR count). The molecular weight excluding hydrogens is 156 g/mol. The standard InChI is InChI=1S/C8H18N2S/c1-5(2)6(3)11-7(4)8(9)10/h5-7H,1-4H3,(H3,9,10). The van der Waals surface area contributed by atoms with Crippen LogP contribution in [0.3, 0.4) is 0 Å². The summed E-state index contributed by atoms with van der Waals surface area (Å²) in [5.41, 5.74) is 5.35. The Morgan fingerprint density at radius 2 is 1.73 bits per heavy atom. The Labute approximate surface area is 73.4 Å². The first kappa shape index (κ1) is 10.8. The van der Waals surface area contributed by atoms with E-state index >= 15 is 0 Å². The minimum atomic E-state index is 0.160. The number of rotatable bonds is 4. The summed E-state index contributed by atoms with van der Waals surface area (Å²) in [5, 5.41) is 7.93. The topological polar surface area (TPSA) is 49.9 Å². The lowest BCUT2D eigenvalue weighted by Gasteiger charge is -2.18. The molecule has 0 aliphatic carbocycles. The Balaban J connectivity index is 3.75. The van der Waals surface area contributed by atoms with Gasteiger partial charge in [0.25, 0.3) is 0 Å². The molecule has 0 heterocycles. The summed E-state index contributed by atoms with van der Waals surface area (Å²) in [6.07, 6.45) is 0. The molecule has 3 N–H and O–H groups in total. The fraction of sp³-hybridized carbons (Fsp3) is 0.875. The van der Waals surface area contributed by atoms with Crippen LogP contribution in [-0.4, -0.2) is 16.3 Å². The summed E-state index contributed by atoms with van der Waals surface area (Å²) in [6.45, 7) is 8.52. The minimum Gasteiger partial charge on any atom is -0.387 e. The molecule has 0 fully saturated rings. The van der Waals surface area contributed by atoms with Gasteiger partial charge >= 0.3 is 0 Å². The van der Waals surface area contributed by atoms with Gasteiger partial charge in [-0.1, -0.05) is 20.8 Å². The molecule has 0 aromatic rings. The molecule has 0 aliphatic rings. The van der Waals surface area contributed by atoms with E-state index in [0.29, 0.717) is 11.2 Å². The van der Waals surface area contributed by atoms with Crippen molar-refractivity contribution in [2.45, 2.75) is 38.2 Å². The molecule has 0 radical (unpaired) electrons. The quantitative estimate of drug-likeness (QED) is 0.506. The van der Waals surface area contributed by atoms with Gasteiger partial charge in [-0.15, -0.1) is 11.8 Å². The first-order valence-electron chi connectivity index (χ1n) is 3.94. The van der Waals surface area contributed by atoms with E-state index in [9.17, 15) is 0 Å². The average molecular weight is 174 g/mol. The number of hydrogen-bond donors (Lipinski definition) is 2. The van der Waals surface area contributed by atoms with E-state index in [0.717, 1.165) is 0 Å². The lowest BCUT2D eigenvalue weighted by atomic mass is 10.2. The number of nitrogens with two attached hydrogens (primary N) is 1. The smallest absolute Gasteiger partial charge is 0.104 e. The molecule has 2 atom stereocenters. The van der Waals surface area contributed by atoms with Crippen LogP contribution in [0, 0.1) is 11.3 Å². The second kappa shape index (κ2) is 4.65. The van der Waals surface area contributed by atoms with E-state index in [4.69, 9.17) is 11.1 Å². The third-order valence-corrected chi connectivity index (χ3v) is 3.43. The van der Waals surface area contributed by atoms with E-state index in [1.54, 1.807) is 11.8 Å². The first-order chi connectivity index (χ1) is 4.95. The van der Waals surface area contributed by atoms with Gasteiger partial charge in [0, 0.05) is 5.25 Å². The molecule has 0 spiro atoms. The SMILES string of the molecule is CC(SC(C)C(C)C)C(=N)N. The second-order valence-corrected chi connectivity index (χ2v) is 4.91. The van der Waals surface area contributed by atoms with Crippen LogP contribution in [0.25, 0.3) is 0 Å². The van der Waals surface area contributed by atoms with Crippen molar-refractivity contribution in [1.29, 1.82) is 5.41 Å². The molecule has 11 heavy (non-hydrogen) atoms. The van der Waals surface area contributed by atoms with Crippen molar-refractivity contribution in [2.24, 2.45) is 11.7 Å². The van der Waals surface area contributed by atoms with E-state index in [1.165, 1.54) is 0 Å². The molecule has 66 valence electrons. The fourth-order valence-electron chi connectivity index (χ4n) is 0.552. The molecule has 0 aliphatic heterocycles. The number of amidine groups is 1. The van der Waals surface area contributed by atoms with Gasteiger partial charge in [0.2, 0.25) is 0 Å². The molecule has 0 saturated heterocycles. The van der Waals surface area contributed by atoms with Gasteiger partial charge in [-0.3, -0.25) is 5.41 Å². The number of thioether (sulfide) groups is 1. The van der Waals surface area contributed by atoms with Crippen molar-refractivity contribution >= 4 is 17.6 Å². The van der Waals surface area contributed by atoms with Crippen molar-refractivity contribution in [3.63, 3.8) is 0 Å². The van der Waals surface area contributed by atoms with Gasteiger partial charge in [0.15, 0.2) is 0 Å². The van der Waals surface area contributed by atoms with E-state index in [-0.39, 0.29) is 11.1 Å². The normalized spacial score (nSPS) is 16.5. The first-order valence-corrected chi connectivity index (χ1v) is 4.88. The number of hydrogen-bond acceptors (Lipinski definition) is 2. The molecule has 0 aromatic heterocycles. The summed E-state index contributed by atoms with van der Waals surface area (Å²) in [4.78, 5) is 0. The summed E-state index contributed by atoms with van der Waals surface area (Å²) in [5.74, 6) is 0.935. The van der Waals surface area contributed by atoms with Gasteiger partial charge in [-0.2, -0.15) is 0 Å². The van der Waals surface area contributed by atoms with Crippen LogP contribution in [0.5, 0.6) is 0 Å². The lowest BCUT2D eigenvalue weighted by molar-refractivity contribution is 0.641. The van der Waals surface area contributed by atoms with Gasteiger partial charge < -0.3 is 5.73 Å². The Morgan fingerprint density at radius 3 is 2.00 bits per heavy atom. The summed E-state index contributed by atoms with van der Waals surface area (Å²) in [7, 11) is 0. The zero-order valence-electron chi connectivity index (χ0n) is 7.72. The zero-order chi connectivity index (χ0) is 9.02. The predicted octanol–water partition coefficient (Wildman–Crippen LogP) is 2.09. The summed E-state index contributed by atoms with van der Waals surface area (Å²) >= 11 is 1.77. The molecule has 0 amide bonds. The van der Waals surface area contributed by atoms with Crippen LogP contribution in [0.4, 0.5) is 0 Å².